The molecule has 6 nitrogen and oxygen atoms in total. The normalized spacial score (nSPS) is 12.5. The van der Waals surface area contributed by atoms with Gasteiger partial charge in [-0.2, -0.15) is 0 Å². The van der Waals surface area contributed by atoms with Crippen molar-refractivity contribution in [1.29, 1.82) is 0 Å². The summed E-state index contributed by atoms with van der Waals surface area (Å²) in [6.45, 7) is 1.70. The van der Waals surface area contributed by atoms with Crippen molar-refractivity contribution in [2.75, 3.05) is 13.2 Å². The maximum absolute atomic E-state index is 12.1. The molecule has 0 radical (unpaired) electrons. The van der Waals surface area contributed by atoms with Crippen LogP contribution in [0.15, 0.2) is 28.9 Å². The maximum atomic E-state index is 12.1. The van der Waals surface area contributed by atoms with Gasteiger partial charge in [-0.3, -0.25) is 9.59 Å². The van der Waals surface area contributed by atoms with Gasteiger partial charge in [-0.1, -0.05) is 6.92 Å². The predicted molar refractivity (Wildman–Crippen MR) is 72.9 cm³/mol. The van der Waals surface area contributed by atoms with Crippen molar-refractivity contribution < 1.29 is 24.2 Å². The molecule has 2 N–H and O–H groups in total. The maximum Gasteiger partial charge on any atom is 0.305 e. The number of aliphatic hydroxyl groups is 1. The largest absolute Gasteiger partial charge is 0.481 e. The van der Waals surface area contributed by atoms with Gasteiger partial charge in [0.1, 0.15) is 5.76 Å². The zero-order valence-electron chi connectivity index (χ0n) is 11.4. The molecular formula is C14H19NO5. The zero-order chi connectivity index (χ0) is 15.0. The second-order valence-electron chi connectivity index (χ2n) is 4.27. The fourth-order valence-electron chi connectivity index (χ4n) is 1.77. The first-order valence-electron chi connectivity index (χ1n) is 6.43. The van der Waals surface area contributed by atoms with Gasteiger partial charge in [-0.15, -0.1) is 0 Å². The molecule has 1 unspecified atom stereocenters. The molecule has 110 valence electrons. The second-order valence-corrected chi connectivity index (χ2v) is 4.27. The lowest BCUT2D eigenvalue weighted by Gasteiger charge is -2.28. The number of carboxylic acids is 1. The first-order chi connectivity index (χ1) is 9.58. The van der Waals surface area contributed by atoms with Crippen molar-refractivity contribution in [3.05, 3.63) is 30.2 Å². The molecular weight excluding hydrogens is 262 g/mol. The molecule has 1 aromatic heterocycles. The van der Waals surface area contributed by atoms with E-state index < -0.39 is 5.97 Å². The molecule has 20 heavy (non-hydrogen) atoms. The lowest BCUT2D eigenvalue weighted by Crippen LogP contribution is -2.42. The lowest BCUT2D eigenvalue weighted by atomic mass is 10.2. The van der Waals surface area contributed by atoms with Crippen LogP contribution in [0.1, 0.15) is 25.5 Å². The Morgan fingerprint density at radius 3 is 2.75 bits per heavy atom. The van der Waals surface area contributed by atoms with Crippen LogP contribution in [0, 0.1) is 0 Å². The molecule has 0 aliphatic rings. The molecule has 1 heterocycles. The third-order valence-electron chi connectivity index (χ3n) is 2.91. The molecule has 0 spiro atoms. The van der Waals surface area contributed by atoms with Crippen LogP contribution < -0.4 is 0 Å². The standard InChI is InChI=1S/C14H19NO5/c1-2-11(10-16)15(8-7-14(18)19)13(17)6-5-12-4-3-9-20-12/h3-6,9,11,16H,2,7-8,10H2,1H3,(H,18,19)/b6-5+. The van der Waals surface area contributed by atoms with E-state index >= 15 is 0 Å². The Morgan fingerprint density at radius 2 is 2.25 bits per heavy atom. The van der Waals surface area contributed by atoms with Gasteiger partial charge in [0.25, 0.3) is 0 Å². The second kappa shape index (κ2) is 8.16. The summed E-state index contributed by atoms with van der Waals surface area (Å²) in [6.07, 6.45) is 4.72. The Morgan fingerprint density at radius 1 is 1.50 bits per heavy atom. The number of nitrogens with zero attached hydrogens (tertiary/aromatic N) is 1. The van der Waals surface area contributed by atoms with Gasteiger partial charge in [0.15, 0.2) is 0 Å². The summed E-state index contributed by atoms with van der Waals surface area (Å²) in [7, 11) is 0. The van der Waals surface area contributed by atoms with Crippen LogP contribution in [-0.4, -0.2) is 46.2 Å². The minimum atomic E-state index is -0.981. The number of carbonyl (C=O) groups excluding carboxylic acids is 1. The molecule has 0 fully saturated rings. The van der Waals surface area contributed by atoms with Crippen LogP contribution in [-0.2, 0) is 9.59 Å². The Balaban J connectivity index is 2.74. The van der Waals surface area contributed by atoms with Crippen molar-refractivity contribution >= 4 is 18.0 Å². The number of aliphatic hydroxyl groups excluding tert-OH is 1. The first kappa shape index (κ1) is 16.0. The first-order valence-corrected chi connectivity index (χ1v) is 6.43. The quantitative estimate of drug-likeness (QED) is 0.702. The van der Waals surface area contributed by atoms with E-state index in [0.29, 0.717) is 12.2 Å². The minimum Gasteiger partial charge on any atom is -0.481 e. The number of carboxylic acid groups (broad SMARTS) is 1. The number of aliphatic carboxylic acids is 1. The summed E-state index contributed by atoms with van der Waals surface area (Å²) in [5.41, 5.74) is 0. The molecule has 0 aliphatic heterocycles. The summed E-state index contributed by atoms with van der Waals surface area (Å²) in [5.74, 6) is -0.789. The molecule has 1 atom stereocenters. The van der Waals surface area contributed by atoms with E-state index in [4.69, 9.17) is 9.52 Å². The number of hydrogen-bond donors (Lipinski definition) is 2. The van der Waals surface area contributed by atoms with Crippen molar-refractivity contribution in [3.8, 4) is 0 Å². The number of rotatable bonds is 8. The average molecular weight is 281 g/mol. The summed E-state index contributed by atoms with van der Waals surface area (Å²) >= 11 is 0. The van der Waals surface area contributed by atoms with Crippen LogP contribution in [0.5, 0.6) is 0 Å². The molecule has 0 aliphatic carbocycles. The average Bonchev–Trinajstić information content (AvgIpc) is 2.93. The van der Waals surface area contributed by atoms with E-state index in [9.17, 15) is 14.7 Å². The van der Waals surface area contributed by atoms with Gasteiger partial charge in [-0.25, -0.2) is 0 Å². The van der Waals surface area contributed by atoms with Crippen molar-refractivity contribution in [2.45, 2.75) is 25.8 Å². The van der Waals surface area contributed by atoms with Crippen LogP contribution in [0.25, 0.3) is 6.08 Å². The number of carbonyl (C=O) groups is 2. The summed E-state index contributed by atoms with van der Waals surface area (Å²) < 4.78 is 5.07. The topological polar surface area (TPSA) is 91.0 Å². The van der Waals surface area contributed by atoms with Gasteiger partial charge in [0, 0.05) is 12.6 Å². The fraction of sp³-hybridized carbons (Fsp3) is 0.429. The monoisotopic (exact) mass is 281 g/mol. The van der Waals surface area contributed by atoms with Crippen molar-refractivity contribution in [3.63, 3.8) is 0 Å². The highest BCUT2D eigenvalue weighted by atomic mass is 16.4. The van der Waals surface area contributed by atoms with Crippen LogP contribution in [0.3, 0.4) is 0 Å². The van der Waals surface area contributed by atoms with Gasteiger partial charge in [0.2, 0.25) is 5.91 Å². The fourth-order valence-corrected chi connectivity index (χ4v) is 1.77. The zero-order valence-corrected chi connectivity index (χ0v) is 11.4. The Bertz CT molecular complexity index is 448. The molecule has 1 amide bonds. The summed E-state index contributed by atoms with van der Waals surface area (Å²) in [6, 6.07) is 3.02. The predicted octanol–water partition coefficient (Wildman–Crippen LogP) is 1.37. The van der Waals surface area contributed by atoms with E-state index in [0.717, 1.165) is 0 Å². The smallest absolute Gasteiger partial charge is 0.305 e. The molecule has 0 saturated carbocycles. The lowest BCUT2D eigenvalue weighted by molar-refractivity contribution is -0.138. The highest BCUT2D eigenvalue weighted by Gasteiger charge is 2.20. The van der Waals surface area contributed by atoms with Gasteiger partial charge in [-0.05, 0) is 24.6 Å². The Labute approximate surface area is 117 Å². The third-order valence-corrected chi connectivity index (χ3v) is 2.91. The Kier molecular flexibility index (Phi) is 6.52. The van der Waals surface area contributed by atoms with Gasteiger partial charge < -0.3 is 19.5 Å². The highest BCUT2D eigenvalue weighted by Crippen LogP contribution is 2.09. The van der Waals surface area contributed by atoms with Crippen molar-refractivity contribution in [1.82, 2.24) is 4.90 Å². The number of hydrogen-bond acceptors (Lipinski definition) is 4. The summed E-state index contributed by atoms with van der Waals surface area (Å²) in [4.78, 5) is 24.1. The third kappa shape index (κ3) is 4.89. The van der Waals surface area contributed by atoms with Crippen LogP contribution >= 0.6 is 0 Å². The van der Waals surface area contributed by atoms with E-state index in [1.54, 1.807) is 12.1 Å². The van der Waals surface area contributed by atoms with Gasteiger partial charge in [0.05, 0.1) is 25.3 Å². The summed E-state index contributed by atoms with van der Waals surface area (Å²) in [5, 5.41) is 18.0. The van der Waals surface area contributed by atoms with E-state index in [2.05, 4.69) is 0 Å². The molecule has 1 aromatic rings. The molecule has 6 heteroatoms. The SMILES string of the molecule is CCC(CO)N(CCC(=O)O)C(=O)/C=C/c1ccco1. The number of amides is 1. The minimum absolute atomic E-state index is 0.0652. The van der Waals surface area contributed by atoms with Crippen LogP contribution in [0.4, 0.5) is 0 Å². The van der Waals surface area contributed by atoms with Crippen LogP contribution in [0.2, 0.25) is 0 Å². The van der Waals surface area contributed by atoms with E-state index in [1.807, 2.05) is 6.92 Å². The van der Waals surface area contributed by atoms with Gasteiger partial charge >= 0.3 is 5.97 Å². The number of furan rings is 1. The Hall–Kier alpha value is -2.08. The molecule has 0 aromatic carbocycles. The molecule has 1 rings (SSSR count). The van der Waals surface area contributed by atoms with E-state index in [1.165, 1.54) is 23.3 Å². The molecule has 0 saturated heterocycles. The van der Waals surface area contributed by atoms with Crippen molar-refractivity contribution in [2.24, 2.45) is 0 Å². The van der Waals surface area contributed by atoms with E-state index in [-0.39, 0.29) is 31.5 Å². The highest BCUT2D eigenvalue weighted by molar-refractivity contribution is 5.91. The molecule has 0 bridgehead atoms.